The summed E-state index contributed by atoms with van der Waals surface area (Å²) < 4.78 is 45.8. The lowest BCUT2D eigenvalue weighted by atomic mass is 9.86. The van der Waals surface area contributed by atoms with Crippen molar-refractivity contribution in [2.24, 2.45) is 5.92 Å². The summed E-state index contributed by atoms with van der Waals surface area (Å²) in [5.74, 6) is -0.391. The van der Waals surface area contributed by atoms with Crippen molar-refractivity contribution >= 4 is 11.6 Å². The molecule has 200 valence electrons. The number of aliphatic hydroxyl groups excluding tert-OH is 1. The number of aliphatic hydroxyl groups is 1. The number of carbonyl (C=O) groups is 1. The molecule has 0 radical (unpaired) electrons. The lowest BCUT2D eigenvalue weighted by Crippen LogP contribution is -2.47. The highest BCUT2D eigenvalue weighted by Crippen LogP contribution is 2.40. The number of fused-ring (bicyclic) bond motifs is 1. The highest BCUT2D eigenvalue weighted by Gasteiger charge is 2.37. The Morgan fingerprint density at radius 1 is 1.22 bits per heavy atom. The average molecular weight is 521 g/mol. The van der Waals surface area contributed by atoms with E-state index in [-0.39, 0.29) is 35.7 Å². The number of nitrogens with one attached hydrogen (secondary N) is 3. The Labute approximate surface area is 212 Å². The van der Waals surface area contributed by atoms with Gasteiger partial charge >= 0.3 is 6.18 Å². The third kappa shape index (κ3) is 5.36. The van der Waals surface area contributed by atoms with E-state index in [1.54, 1.807) is 12.3 Å². The maximum Gasteiger partial charge on any atom is 0.421 e. The third-order valence-corrected chi connectivity index (χ3v) is 7.44. The lowest BCUT2D eigenvalue weighted by molar-refractivity contribution is -0.139. The van der Waals surface area contributed by atoms with Gasteiger partial charge in [-0.05, 0) is 44.2 Å². The first-order valence-corrected chi connectivity index (χ1v) is 12.5. The lowest BCUT2D eigenvalue weighted by Gasteiger charge is -2.33. The van der Waals surface area contributed by atoms with Crippen LogP contribution in [0.1, 0.15) is 49.4 Å². The highest BCUT2D eigenvalue weighted by molar-refractivity contribution is 5.79. The second kappa shape index (κ2) is 10.4. The summed E-state index contributed by atoms with van der Waals surface area (Å²) in [7, 11) is 1.15. The summed E-state index contributed by atoms with van der Waals surface area (Å²) in [6.07, 6.45) is 1.07. The Morgan fingerprint density at radius 3 is 2.73 bits per heavy atom. The van der Waals surface area contributed by atoms with Gasteiger partial charge in [0, 0.05) is 54.3 Å². The SMILES string of the molecule is COc1ncc(-c2nccc3c2[C@@H](N[C@H]2CCN(C(=O)C4CCC(O)CC4)C2)NCN3)cc1C(F)(F)F. The van der Waals surface area contributed by atoms with Crippen LogP contribution in [0.3, 0.4) is 0 Å². The third-order valence-electron chi connectivity index (χ3n) is 7.44. The van der Waals surface area contributed by atoms with Crippen molar-refractivity contribution in [3.63, 3.8) is 0 Å². The van der Waals surface area contributed by atoms with E-state index in [0.29, 0.717) is 56.7 Å². The largest absolute Gasteiger partial charge is 0.481 e. The molecule has 2 aliphatic heterocycles. The normalized spacial score (nSPS) is 25.9. The molecule has 37 heavy (non-hydrogen) atoms. The second-order valence-corrected chi connectivity index (χ2v) is 9.83. The van der Waals surface area contributed by atoms with E-state index in [0.717, 1.165) is 25.3 Å². The molecule has 2 atom stereocenters. The molecule has 2 aromatic rings. The van der Waals surface area contributed by atoms with Crippen LogP contribution < -0.4 is 20.7 Å². The van der Waals surface area contributed by atoms with Gasteiger partial charge in [-0.2, -0.15) is 13.2 Å². The molecular weight excluding hydrogens is 489 g/mol. The zero-order chi connectivity index (χ0) is 26.2. The molecule has 1 saturated heterocycles. The number of halogens is 3. The summed E-state index contributed by atoms with van der Waals surface area (Å²) in [5.41, 5.74) is 1.09. The molecule has 12 heteroatoms. The van der Waals surface area contributed by atoms with Gasteiger partial charge in [0.2, 0.25) is 11.8 Å². The van der Waals surface area contributed by atoms with Crippen LogP contribution in [-0.2, 0) is 11.0 Å². The predicted molar refractivity (Wildman–Crippen MR) is 129 cm³/mol. The Balaban J connectivity index is 1.36. The van der Waals surface area contributed by atoms with Gasteiger partial charge < -0.3 is 20.1 Å². The summed E-state index contributed by atoms with van der Waals surface area (Å²) in [4.78, 5) is 23.2. The first-order valence-electron chi connectivity index (χ1n) is 12.5. The van der Waals surface area contributed by atoms with Crippen molar-refractivity contribution in [2.75, 3.05) is 32.2 Å². The van der Waals surface area contributed by atoms with E-state index in [1.807, 2.05) is 4.90 Å². The second-order valence-electron chi connectivity index (χ2n) is 9.83. The summed E-state index contributed by atoms with van der Waals surface area (Å²) in [6.45, 7) is 1.66. The number of carbonyl (C=O) groups excluding carboxylic acids is 1. The molecule has 0 unspecified atom stereocenters. The fourth-order valence-corrected chi connectivity index (χ4v) is 5.50. The van der Waals surface area contributed by atoms with Crippen LogP contribution in [0.2, 0.25) is 0 Å². The standard InChI is InChI=1S/C25H31F3N6O3/c1-37-23-18(25(26,27)28)10-15(11-30-23)21-20-19(6-8-29-21)31-13-32-22(20)33-16-7-9-34(12-16)24(36)14-2-4-17(35)5-3-14/h6,8,10-11,14,16-17,22,31-33,35H,2-5,7,9,12-13H2,1H3/t14?,16-,17?,22+/m0/s1. The van der Waals surface area contributed by atoms with Gasteiger partial charge in [-0.1, -0.05) is 0 Å². The molecule has 0 aromatic carbocycles. The molecule has 0 spiro atoms. The smallest absolute Gasteiger partial charge is 0.421 e. The number of nitrogens with zero attached hydrogens (tertiary/aromatic N) is 3. The number of hydrogen-bond acceptors (Lipinski definition) is 8. The van der Waals surface area contributed by atoms with Gasteiger partial charge in [0.1, 0.15) is 5.56 Å². The Morgan fingerprint density at radius 2 is 2.00 bits per heavy atom. The number of hydrogen-bond donors (Lipinski definition) is 4. The minimum Gasteiger partial charge on any atom is -0.481 e. The summed E-state index contributed by atoms with van der Waals surface area (Å²) in [5, 5.41) is 19.9. The van der Waals surface area contributed by atoms with E-state index in [1.165, 1.54) is 6.20 Å². The molecule has 2 fully saturated rings. The number of anilines is 1. The van der Waals surface area contributed by atoms with E-state index >= 15 is 0 Å². The van der Waals surface area contributed by atoms with Crippen LogP contribution in [-0.4, -0.2) is 64.9 Å². The van der Waals surface area contributed by atoms with Crippen molar-refractivity contribution in [3.8, 4) is 17.1 Å². The highest BCUT2D eigenvalue weighted by atomic mass is 19.4. The number of rotatable bonds is 5. The number of likely N-dealkylation sites (tertiary alicyclic amines) is 1. The van der Waals surface area contributed by atoms with E-state index in [2.05, 4.69) is 25.9 Å². The van der Waals surface area contributed by atoms with Crippen LogP contribution in [0.25, 0.3) is 11.3 Å². The van der Waals surface area contributed by atoms with Gasteiger partial charge in [0.25, 0.3) is 0 Å². The quantitative estimate of drug-likeness (QED) is 0.476. The molecule has 1 saturated carbocycles. The van der Waals surface area contributed by atoms with Crippen LogP contribution in [0.15, 0.2) is 24.5 Å². The van der Waals surface area contributed by atoms with Crippen LogP contribution in [0.5, 0.6) is 5.88 Å². The molecule has 3 aliphatic rings. The van der Waals surface area contributed by atoms with Crippen molar-refractivity contribution in [1.29, 1.82) is 0 Å². The maximum atomic E-state index is 13.7. The zero-order valence-electron chi connectivity index (χ0n) is 20.5. The van der Waals surface area contributed by atoms with Gasteiger partial charge in [-0.15, -0.1) is 0 Å². The van der Waals surface area contributed by atoms with E-state index in [9.17, 15) is 23.1 Å². The predicted octanol–water partition coefficient (Wildman–Crippen LogP) is 2.88. The minimum absolute atomic E-state index is 0.00867. The summed E-state index contributed by atoms with van der Waals surface area (Å²) in [6, 6.07) is 2.81. The first kappa shape index (κ1) is 25.7. The summed E-state index contributed by atoms with van der Waals surface area (Å²) >= 11 is 0. The molecule has 0 bridgehead atoms. The van der Waals surface area contributed by atoms with E-state index in [4.69, 9.17) is 4.74 Å². The van der Waals surface area contributed by atoms with Crippen molar-refractivity contribution in [2.45, 2.75) is 56.6 Å². The molecule has 5 rings (SSSR count). The minimum atomic E-state index is -4.63. The first-order chi connectivity index (χ1) is 17.7. The Bertz CT molecular complexity index is 1140. The van der Waals surface area contributed by atoms with Crippen LogP contribution in [0, 0.1) is 5.92 Å². The van der Waals surface area contributed by atoms with E-state index < -0.39 is 17.6 Å². The number of pyridine rings is 2. The maximum absolute atomic E-state index is 13.7. The molecule has 9 nitrogen and oxygen atoms in total. The fourth-order valence-electron chi connectivity index (χ4n) is 5.50. The number of alkyl halides is 3. The molecule has 1 aliphatic carbocycles. The van der Waals surface area contributed by atoms with Crippen LogP contribution >= 0.6 is 0 Å². The molecule has 2 aromatic heterocycles. The molecule has 4 N–H and O–H groups in total. The Hall–Kier alpha value is -2.96. The van der Waals surface area contributed by atoms with Gasteiger partial charge in [0.05, 0.1) is 31.7 Å². The fraction of sp³-hybridized carbons (Fsp3) is 0.560. The van der Waals surface area contributed by atoms with Crippen molar-refractivity contribution in [3.05, 3.63) is 35.7 Å². The average Bonchev–Trinajstić information content (AvgIpc) is 3.36. The molecule has 1 amide bonds. The van der Waals surface area contributed by atoms with Crippen molar-refractivity contribution in [1.82, 2.24) is 25.5 Å². The van der Waals surface area contributed by atoms with Gasteiger partial charge in [-0.25, -0.2) is 4.98 Å². The number of amides is 1. The number of ether oxygens (including phenoxy) is 1. The van der Waals surface area contributed by atoms with Gasteiger partial charge in [-0.3, -0.25) is 20.4 Å². The number of methoxy groups -OCH3 is 1. The topological polar surface area (TPSA) is 112 Å². The molecule has 4 heterocycles. The Kier molecular flexibility index (Phi) is 7.24. The van der Waals surface area contributed by atoms with Gasteiger partial charge in [0.15, 0.2) is 0 Å². The van der Waals surface area contributed by atoms with Crippen molar-refractivity contribution < 1.29 is 27.8 Å². The monoisotopic (exact) mass is 520 g/mol. The van der Waals surface area contributed by atoms with Crippen LogP contribution in [0.4, 0.5) is 18.9 Å². The zero-order valence-corrected chi connectivity index (χ0v) is 20.5. The molecular formula is C25H31F3N6O3. The number of aromatic nitrogens is 2.